The molecule has 0 spiro atoms. The van der Waals surface area contributed by atoms with E-state index in [1.807, 2.05) is 0 Å². The third-order valence-electron chi connectivity index (χ3n) is 3.37. The van der Waals surface area contributed by atoms with Crippen LogP contribution in [0.1, 0.15) is 10.4 Å². The van der Waals surface area contributed by atoms with E-state index in [0.717, 1.165) is 19.2 Å². The molecule has 0 fully saturated rings. The number of benzene rings is 1. The largest absolute Gasteiger partial charge is 0.481 e. The molecular weight excluding hydrogens is 442 g/mol. The predicted octanol–water partition coefficient (Wildman–Crippen LogP) is 0.959. The molecule has 3 N–H and O–H groups in total. The van der Waals surface area contributed by atoms with Crippen LogP contribution in [0.25, 0.3) is 0 Å². The highest BCUT2D eigenvalue weighted by atomic mass is 35.5. The third-order valence-corrected chi connectivity index (χ3v) is 4.99. The number of aromatic nitrogens is 2. The van der Waals surface area contributed by atoms with Gasteiger partial charge in [-0.05, 0) is 18.2 Å². The molecule has 0 unspecified atom stereocenters. The molecule has 2 rings (SSSR count). The van der Waals surface area contributed by atoms with Gasteiger partial charge in [-0.2, -0.15) is 4.98 Å². The van der Waals surface area contributed by atoms with Gasteiger partial charge in [-0.1, -0.05) is 0 Å². The maximum atomic E-state index is 12.7. The molecule has 0 radical (unpaired) electrons. The summed E-state index contributed by atoms with van der Waals surface area (Å²) in [5.74, 6) is -2.03. The second kappa shape index (κ2) is 9.84. The zero-order valence-electron chi connectivity index (χ0n) is 15.6. The summed E-state index contributed by atoms with van der Waals surface area (Å²) >= 11 is 5.41. The highest BCUT2D eigenvalue weighted by molar-refractivity contribution is 7.90. The molecule has 12 nitrogen and oxygen atoms in total. The van der Waals surface area contributed by atoms with E-state index in [0.29, 0.717) is 0 Å². The Hall–Kier alpha value is -3.45. The average molecular weight is 458 g/mol. The molecule has 30 heavy (non-hydrogen) atoms. The zero-order chi connectivity index (χ0) is 22.3. The second-order valence-corrected chi connectivity index (χ2v) is 7.28. The Morgan fingerprint density at radius 2 is 1.87 bits per heavy atom. The summed E-state index contributed by atoms with van der Waals surface area (Å²) in [5.41, 5.74) is -0.329. The van der Waals surface area contributed by atoms with Gasteiger partial charge in [0.1, 0.15) is 10.8 Å². The van der Waals surface area contributed by atoms with Gasteiger partial charge in [-0.15, -0.1) is 11.6 Å². The standard InChI is InChI=1S/C16H16ClN5O7S/c1-28-13-5-6-18-15(20-13)21-16(25)22-30(26,27)11-7-9(19-12(23)8-17)3-4-10(11)14(24)29-2/h3-7H,8H2,1-2H3,(H,19,23)(H2,18,20,21,22,25). The van der Waals surface area contributed by atoms with Crippen LogP contribution in [0, 0.1) is 0 Å². The van der Waals surface area contributed by atoms with Crippen LogP contribution in [0.4, 0.5) is 16.4 Å². The van der Waals surface area contributed by atoms with Crippen LogP contribution < -0.4 is 20.1 Å². The van der Waals surface area contributed by atoms with E-state index in [-0.39, 0.29) is 29.0 Å². The van der Waals surface area contributed by atoms with Gasteiger partial charge >= 0.3 is 12.0 Å². The molecule has 0 atom stereocenters. The second-order valence-electron chi connectivity index (χ2n) is 5.37. The molecular formula is C16H16ClN5O7S. The zero-order valence-corrected chi connectivity index (χ0v) is 17.2. The summed E-state index contributed by atoms with van der Waals surface area (Å²) in [6, 6.07) is 3.60. The van der Waals surface area contributed by atoms with Gasteiger partial charge in [-0.3, -0.25) is 10.1 Å². The first-order valence-corrected chi connectivity index (χ1v) is 10.0. The van der Waals surface area contributed by atoms with Crippen LogP contribution in [0.15, 0.2) is 35.4 Å². The number of sulfonamides is 1. The van der Waals surface area contributed by atoms with Gasteiger partial charge in [0.15, 0.2) is 0 Å². The maximum Gasteiger partial charge on any atom is 0.339 e. The number of amides is 3. The van der Waals surface area contributed by atoms with Gasteiger partial charge in [0.2, 0.25) is 17.7 Å². The molecule has 1 heterocycles. The maximum absolute atomic E-state index is 12.7. The van der Waals surface area contributed by atoms with Crippen molar-refractivity contribution in [3.8, 4) is 5.88 Å². The van der Waals surface area contributed by atoms with Crippen molar-refractivity contribution in [3.05, 3.63) is 36.0 Å². The molecule has 1 aromatic heterocycles. The summed E-state index contributed by atoms with van der Waals surface area (Å²) in [7, 11) is -2.17. The highest BCUT2D eigenvalue weighted by Crippen LogP contribution is 2.22. The molecule has 0 saturated carbocycles. The van der Waals surface area contributed by atoms with Crippen molar-refractivity contribution in [1.82, 2.24) is 14.7 Å². The first kappa shape index (κ1) is 22.8. The lowest BCUT2D eigenvalue weighted by Crippen LogP contribution is -2.35. The fourth-order valence-corrected chi connectivity index (χ4v) is 3.31. The van der Waals surface area contributed by atoms with Crippen molar-refractivity contribution in [1.29, 1.82) is 0 Å². The minimum absolute atomic E-state index is 0.0326. The minimum atomic E-state index is -4.58. The molecule has 2 aromatic rings. The van der Waals surface area contributed by atoms with Gasteiger partial charge in [0.05, 0.1) is 19.8 Å². The van der Waals surface area contributed by atoms with E-state index in [1.54, 1.807) is 4.72 Å². The number of nitrogens with zero attached hydrogens (tertiary/aromatic N) is 2. The molecule has 0 aliphatic rings. The van der Waals surface area contributed by atoms with Crippen LogP contribution in [-0.4, -0.2) is 56.4 Å². The topological polar surface area (TPSA) is 166 Å². The van der Waals surface area contributed by atoms with Crippen molar-refractivity contribution in [2.24, 2.45) is 0 Å². The molecule has 14 heteroatoms. The summed E-state index contributed by atoms with van der Waals surface area (Å²) in [6.45, 7) is 0. The van der Waals surface area contributed by atoms with E-state index in [1.165, 1.54) is 25.4 Å². The number of nitrogens with one attached hydrogen (secondary N) is 3. The number of esters is 1. The quantitative estimate of drug-likeness (QED) is 0.405. The molecule has 0 saturated heterocycles. The smallest absolute Gasteiger partial charge is 0.339 e. The number of urea groups is 1. The van der Waals surface area contributed by atoms with Crippen molar-refractivity contribution in [3.63, 3.8) is 0 Å². The number of rotatable bonds is 7. The molecule has 0 aliphatic carbocycles. The molecule has 0 bridgehead atoms. The fraction of sp³-hybridized carbons (Fsp3) is 0.188. The van der Waals surface area contributed by atoms with Gasteiger partial charge in [0, 0.05) is 18.0 Å². The Labute approximate surface area is 176 Å². The van der Waals surface area contributed by atoms with Crippen LogP contribution >= 0.6 is 11.6 Å². The Bertz CT molecular complexity index is 1080. The summed E-state index contributed by atoms with van der Waals surface area (Å²) in [6.07, 6.45) is 1.29. The number of hydrogen-bond acceptors (Lipinski definition) is 9. The number of carbonyl (C=O) groups is 3. The minimum Gasteiger partial charge on any atom is -0.481 e. The lowest BCUT2D eigenvalue weighted by atomic mass is 10.2. The number of alkyl halides is 1. The number of methoxy groups -OCH3 is 2. The normalized spacial score (nSPS) is 10.6. The summed E-state index contributed by atoms with van der Waals surface area (Å²) in [5, 5.41) is 4.47. The SMILES string of the molecule is COC(=O)c1ccc(NC(=O)CCl)cc1S(=O)(=O)NC(=O)Nc1nccc(OC)n1. The molecule has 3 amide bonds. The number of hydrogen-bond donors (Lipinski definition) is 3. The van der Waals surface area contributed by atoms with Crippen LogP contribution in [-0.2, 0) is 19.6 Å². The Kier molecular flexibility index (Phi) is 7.49. The highest BCUT2D eigenvalue weighted by Gasteiger charge is 2.26. The van der Waals surface area contributed by atoms with E-state index in [2.05, 4.69) is 25.3 Å². The molecule has 1 aromatic carbocycles. The Morgan fingerprint density at radius 1 is 1.13 bits per heavy atom. The van der Waals surface area contributed by atoms with Crippen molar-refractivity contribution < 1.29 is 32.3 Å². The lowest BCUT2D eigenvalue weighted by molar-refractivity contribution is -0.113. The van der Waals surface area contributed by atoms with Gasteiger partial charge < -0.3 is 14.8 Å². The predicted molar refractivity (Wildman–Crippen MR) is 105 cm³/mol. The number of anilines is 2. The first-order valence-electron chi connectivity index (χ1n) is 7.99. The number of ether oxygens (including phenoxy) is 2. The van der Waals surface area contributed by atoms with E-state index >= 15 is 0 Å². The third kappa shape index (κ3) is 5.78. The number of carbonyl (C=O) groups excluding carboxylic acids is 3. The average Bonchev–Trinajstić information content (AvgIpc) is 2.72. The molecule has 160 valence electrons. The van der Waals surface area contributed by atoms with Crippen molar-refractivity contribution >= 4 is 51.2 Å². The molecule has 0 aliphatic heterocycles. The van der Waals surface area contributed by atoms with Crippen molar-refractivity contribution in [2.45, 2.75) is 4.90 Å². The van der Waals surface area contributed by atoms with Crippen LogP contribution in [0.3, 0.4) is 0 Å². The van der Waals surface area contributed by atoms with Gasteiger partial charge in [0.25, 0.3) is 10.0 Å². The van der Waals surface area contributed by atoms with E-state index in [9.17, 15) is 22.8 Å². The monoisotopic (exact) mass is 457 g/mol. The van der Waals surface area contributed by atoms with E-state index in [4.69, 9.17) is 16.3 Å². The van der Waals surface area contributed by atoms with Crippen LogP contribution in [0.2, 0.25) is 0 Å². The summed E-state index contributed by atoms with van der Waals surface area (Å²) in [4.78, 5) is 42.5. The van der Waals surface area contributed by atoms with Crippen molar-refractivity contribution in [2.75, 3.05) is 30.7 Å². The van der Waals surface area contributed by atoms with E-state index < -0.39 is 32.8 Å². The summed E-state index contributed by atoms with van der Waals surface area (Å²) < 4.78 is 36.6. The Balaban J connectivity index is 2.33. The Morgan fingerprint density at radius 3 is 2.50 bits per heavy atom. The first-order chi connectivity index (χ1) is 14.2. The fourth-order valence-electron chi connectivity index (χ4n) is 2.12. The lowest BCUT2D eigenvalue weighted by Gasteiger charge is -2.13. The van der Waals surface area contributed by atoms with Crippen LogP contribution in [0.5, 0.6) is 5.88 Å². The van der Waals surface area contributed by atoms with Gasteiger partial charge in [-0.25, -0.2) is 27.7 Å². The number of halogens is 1.